The maximum atomic E-state index is 12.6. The summed E-state index contributed by atoms with van der Waals surface area (Å²) in [6, 6.07) is 9.48. The van der Waals surface area contributed by atoms with E-state index in [0.29, 0.717) is 5.69 Å². The van der Waals surface area contributed by atoms with Gasteiger partial charge in [0.1, 0.15) is 5.82 Å². The molecule has 0 saturated carbocycles. The predicted octanol–water partition coefficient (Wildman–Crippen LogP) is 3.21. The van der Waals surface area contributed by atoms with Crippen LogP contribution in [0.3, 0.4) is 0 Å². The Morgan fingerprint density at radius 1 is 1.14 bits per heavy atom. The number of carbonyl (C=O) groups is 1. The first-order valence-corrected chi connectivity index (χ1v) is 10.7. The maximum Gasteiger partial charge on any atom is 0.255 e. The third kappa shape index (κ3) is 4.88. The molecule has 0 aliphatic carbocycles. The van der Waals surface area contributed by atoms with Crippen LogP contribution in [0.15, 0.2) is 47.5 Å². The van der Waals surface area contributed by atoms with E-state index in [2.05, 4.69) is 29.0 Å². The molecule has 2 aromatic rings. The van der Waals surface area contributed by atoms with E-state index in [1.165, 1.54) is 23.5 Å². The molecule has 0 saturated heterocycles. The van der Waals surface area contributed by atoms with Crippen LogP contribution in [0.5, 0.6) is 0 Å². The van der Waals surface area contributed by atoms with Crippen LogP contribution in [0, 0.1) is 0 Å². The van der Waals surface area contributed by atoms with Crippen LogP contribution in [-0.4, -0.2) is 49.8 Å². The number of anilines is 2. The van der Waals surface area contributed by atoms with Gasteiger partial charge < -0.3 is 10.2 Å². The van der Waals surface area contributed by atoms with Gasteiger partial charge in [-0.2, -0.15) is 4.31 Å². The molecular formula is C20H28N4O3S. The molecule has 2 rings (SSSR count). The summed E-state index contributed by atoms with van der Waals surface area (Å²) in [5.41, 5.74) is 0.819. The molecule has 1 heterocycles. The zero-order chi connectivity index (χ0) is 20.9. The molecule has 0 radical (unpaired) electrons. The van der Waals surface area contributed by atoms with Crippen molar-refractivity contribution in [3.63, 3.8) is 0 Å². The van der Waals surface area contributed by atoms with Crippen molar-refractivity contribution in [2.75, 3.05) is 30.4 Å². The number of pyridine rings is 1. The Morgan fingerprint density at radius 2 is 1.82 bits per heavy atom. The van der Waals surface area contributed by atoms with E-state index in [1.54, 1.807) is 38.2 Å². The minimum absolute atomic E-state index is 0.0892. The normalized spacial score (nSPS) is 11.7. The second-order valence-corrected chi connectivity index (χ2v) is 8.67. The highest BCUT2D eigenvalue weighted by Gasteiger charge is 2.24. The molecular weight excluding hydrogens is 376 g/mol. The van der Waals surface area contributed by atoms with Gasteiger partial charge in [-0.1, -0.05) is 6.07 Å². The van der Waals surface area contributed by atoms with Crippen molar-refractivity contribution in [1.82, 2.24) is 9.29 Å². The first kappa shape index (κ1) is 21.8. The molecule has 1 amide bonds. The van der Waals surface area contributed by atoms with E-state index in [9.17, 15) is 13.2 Å². The van der Waals surface area contributed by atoms with Gasteiger partial charge in [0.15, 0.2) is 0 Å². The van der Waals surface area contributed by atoms with Crippen molar-refractivity contribution in [3.8, 4) is 0 Å². The first-order valence-electron chi connectivity index (χ1n) is 9.31. The second kappa shape index (κ2) is 9.16. The fourth-order valence-electron chi connectivity index (χ4n) is 2.64. The Kier molecular flexibility index (Phi) is 7.15. The van der Waals surface area contributed by atoms with Crippen LogP contribution >= 0.6 is 0 Å². The van der Waals surface area contributed by atoms with Gasteiger partial charge in [0.2, 0.25) is 10.0 Å². The van der Waals surface area contributed by atoms with E-state index in [1.807, 2.05) is 6.07 Å². The Bertz CT molecular complexity index is 907. The predicted molar refractivity (Wildman–Crippen MR) is 112 cm³/mol. The topological polar surface area (TPSA) is 82.6 Å². The second-order valence-electron chi connectivity index (χ2n) is 6.67. The van der Waals surface area contributed by atoms with E-state index >= 15 is 0 Å². The number of hydrogen-bond donors (Lipinski definition) is 1. The molecule has 1 N–H and O–H groups in total. The molecule has 152 valence electrons. The molecule has 0 fully saturated rings. The largest absolute Gasteiger partial charge is 0.357 e. The highest BCUT2D eigenvalue weighted by Crippen LogP contribution is 2.19. The first-order chi connectivity index (χ1) is 13.2. The monoisotopic (exact) mass is 404 g/mol. The van der Waals surface area contributed by atoms with Gasteiger partial charge in [-0.25, -0.2) is 13.4 Å². The Hall–Kier alpha value is -2.45. The fraction of sp³-hybridized carbons (Fsp3) is 0.400. The average Bonchev–Trinajstić information content (AvgIpc) is 2.69. The standard InChI is InChI=1S/C20H28N4O3S/c1-6-24(7-2)19-12-11-17(14-21-19)22-20(25)16-9-8-10-18(13-16)28(26,27)23(5)15(3)4/h8-15H,6-7H2,1-5H3,(H,22,25). The molecule has 0 atom stereocenters. The van der Waals surface area contributed by atoms with Gasteiger partial charge in [0, 0.05) is 31.7 Å². The number of hydrogen-bond acceptors (Lipinski definition) is 5. The van der Waals surface area contributed by atoms with Crippen LogP contribution in [0.1, 0.15) is 38.1 Å². The SMILES string of the molecule is CCN(CC)c1ccc(NC(=O)c2cccc(S(=O)(=O)N(C)C(C)C)c2)cn1. The van der Waals surface area contributed by atoms with Gasteiger partial charge in [-0.15, -0.1) is 0 Å². The lowest BCUT2D eigenvalue weighted by atomic mass is 10.2. The van der Waals surface area contributed by atoms with E-state index < -0.39 is 10.0 Å². The summed E-state index contributed by atoms with van der Waals surface area (Å²) in [7, 11) is -2.13. The van der Waals surface area contributed by atoms with Crippen LogP contribution in [0.25, 0.3) is 0 Å². The smallest absolute Gasteiger partial charge is 0.255 e. The van der Waals surface area contributed by atoms with Gasteiger partial charge >= 0.3 is 0 Å². The highest BCUT2D eigenvalue weighted by molar-refractivity contribution is 7.89. The van der Waals surface area contributed by atoms with Crippen LogP contribution in [0.4, 0.5) is 11.5 Å². The number of sulfonamides is 1. The average molecular weight is 405 g/mol. The fourth-order valence-corrected chi connectivity index (χ4v) is 4.05. The van der Waals surface area contributed by atoms with Crippen LogP contribution in [0.2, 0.25) is 0 Å². The molecule has 8 heteroatoms. The molecule has 0 unspecified atom stereocenters. The van der Waals surface area contributed by atoms with Crippen LogP contribution < -0.4 is 10.2 Å². The van der Waals surface area contributed by atoms with Gasteiger partial charge in [0.25, 0.3) is 5.91 Å². The number of amides is 1. The Labute approximate surface area is 167 Å². The highest BCUT2D eigenvalue weighted by atomic mass is 32.2. The van der Waals surface area contributed by atoms with Gasteiger partial charge in [-0.3, -0.25) is 4.79 Å². The third-order valence-electron chi connectivity index (χ3n) is 4.59. The summed E-state index contributed by atoms with van der Waals surface area (Å²) in [5.74, 6) is 0.453. The minimum Gasteiger partial charge on any atom is -0.357 e. The zero-order valence-corrected chi connectivity index (χ0v) is 17.8. The zero-order valence-electron chi connectivity index (χ0n) is 17.0. The Morgan fingerprint density at radius 3 is 2.36 bits per heavy atom. The summed E-state index contributed by atoms with van der Waals surface area (Å²) in [6.07, 6.45) is 1.60. The number of nitrogens with zero attached hydrogens (tertiary/aromatic N) is 3. The quantitative estimate of drug-likeness (QED) is 0.730. The number of rotatable bonds is 8. The summed E-state index contributed by atoms with van der Waals surface area (Å²) < 4.78 is 26.6. The summed E-state index contributed by atoms with van der Waals surface area (Å²) >= 11 is 0. The molecule has 0 spiro atoms. The molecule has 0 bridgehead atoms. The van der Waals surface area contributed by atoms with Crippen molar-refractivity contribution in [1.29, 1.82) is 0 Å². The van der Waals surface area contributed by atoms with E-state index in [4.69, 9.17) is 0 Å². The number of carbonyl (C=O) groups excluding carboxylic acids is 1. The lowest BCUT2D eigenvalue weighted by molar-refractivity contribution is 0.102. The van der Waals surface area contributed by atoms with Crippen molar-refractivity contribution in [3.05, 3.63) is 48.2 Å². The summed E-state index contributed by atoms with van der Waals surface area (Å²) in [6.45, 7) is 9.39. The van der Waals surface area contributed by atoms with Gasteiger partial charge in [-0.05, 0) is 58.0 Å². The number of benzene rings is 1. The molecule has 1 aromatic carbocycles. The van der Waals surface area contributed by atoms with E-state index in [-0.39, 0.29) is 22.4 Å². The van der Waals surface area contributed by atoms with Crippen molar-refractivity contribution in [2.24, 2.45) is 0 Å². The van der Waals surface area contributed by atoms with Crippen molar-refractivity contribution >= 4 is 27.4 Å². The molecule has 0 aliphatic heterocycles. The molecule has 7 nitrogen and oxygen atoms in total. The molecule has 1 aromatic heterocycles. The lowest BCUT2D eigenvalue weighted by Gasteiger charge is -2.21. The van der Waals surface area contributed by atoms with Crippen molar-refractivity contribution in [2.45, 2.75) is 38.6 Å². The molecule has 28 heavy (non-hydrogen) atoms. The third-order valence-corrected chi connectivity index (χ3v) is 6.62. The van der Waals surface area contributed by atoms with Crippen LogP contribution in [-0.2, 0) is 10.0 Å². The van der Waals surface area contributed by atoms with E-state index in [0.717, 1.165) is 18.9 Å². The van der Waals surface area contributed by atoms with Crippen molar-refractivity contribution < 1.29 is 13.2 Å². The number of aromatic nitrogens is 1. The number of nitrogens with one attached hydrogen (secondary N) is 1. The molecule has 0 aliphatic rings. The summed E-state index contributed by atoms with van der Waals surface area (Å²) in [4.78, 5) is 19.1. The maximum absolute atomic E-state index is 12.6. The van der Waals surface area contributed by atoms with Gasteiger partial charge in [0.05, 0.1) is 16.8 Å². The minimum atomic E-state index is -3.65. The summed E-state index contributed by atoms with van der Waals surface area (Å²) in [5, 5.41) is 2.76. The lowest BCUT2D eigenvalue weighted by Crippen LogP contribution is -2.33. The Balaban J connectivity index is 2.20.